The summed E-state index contributed by atoms with van der Waals surface area (Å²) in [5.74, 6) is 1.18. The first-order valence-corrected chi connectivity index (χ1v) is 6.97. The number of benzene rings is 1. The SMILES string of the molecule is COc1cc(O)cc(OC)c1[C@H](CC#N)N1CCNCC1.Cl.Cl. The Morgan fingerprint density at radius 3 is 2.17 bits per heavy atom. The third-order valence-electron chi connectivity index (χ3n) is 3.74. The van der Waals surface area contributed by atoms with Crippen LogP contribution in [0.5, 0.6) is 17.2 Å². The van der Waals surface area contributed by atoms with Gasteiger partial charge >= 0.3 is 0 Å². The Labute approximate surface area is 149 Å². The van der Waals surface area contributed by atoms with Crippen molar-refractivity contribution in [1.82, 2.24) is 10.2 Å². The third kappa shape index (κ3) is 5.05. The van der Waals surface area contributed by atoms with Crippen molar-refractivity contribution in [3.05, 3.63) is 17.7 Å². The molecule has 23 heavy (non-hydrogen) atoms. The third-order valence-corrected chi connectivity index (χ3v) is 3.74. The second kappa shape index (κ2) is 10.4. The van der Waals surface area contributed by atoms with E-state index in [1.165, 1.54) is 0 Å². The topological polar surface area (TPSA) is 77.8 Å². The fourth-order valence-corrected chi connectivity index (χ4v) is 2.75. The summed E-state index contributed by atoms with van der Waals surface area (Å²) < 4.78 is 10.8. The minimum absolute atomic E-state index is 0. The van der Waals surface area contributed by atoms with Crippen molar-refractivity contribution in [2.45, 2.75) is 12.5 Å². The molecule has 2 N–H and O–H groups in total. The predicted molar refractivity (Wildman–Crippen MR) is 93.1 cm³/mol. The molecule has 0 bridgehead atoms. The molecule has 1 aliphatic heterocycles. The van der Waals surface area contributed by atoms with Crippen molar-refractivity contribution in [3.63, 3.8) is 0 Å². The average Bonchev–Trinajstić information content (AvgIpc) is 2.53. The molecule has 0 saturated carbocycles. The summed E-state index contributed by atoms with van der Waals surface area (Å²) in [5.41, 5.74) is 0.821. The van der Waals surface area contributed by atoms with Crippen molar-refractivity contribution in [2.75, 3.05) is 40.4 Å². The van der Waals surface area contributed by atoms with Crippen molar-refractivity contribution >= 4 is 24.8 Å². The summed E-state index contributed by atoms with van der Waals surface area (Å²) >= 11 is 0. The van der Waals surface area contributed by atoms with Gasteiger partial charge in [0.1, 0.15) is 17.2 Å². The van der Waals surface area contributed by atoms with Crippen LogP contribution in [0.4, 0.5) is 0 Å². The first-order valence-electron chi connectivity index (χ1n) is 6.97. The van der Waals surface area contributed by atoms with E-state index in [1.54, 1.807) is 26.4 Å². The quantitative estimate of drug-likeness (QED) is 0.833. The highest BCUT2D eigenvalue weighted by Crippen LogP contribution is 2.41. The van der Waals surface area contributed by atoms with E-state index in [4.69, 9.17) is 9.47 Å². The summed E-state index contributed by atoms with van der Waals surface area (Å²) in [6.07, 6.45) is 0.345. The van der Waals surface area contributed by atoms with Crippen LogP contribution in [0, 0.1) is 11.3 Å². The first kappa shape index (κ1) is 21.6. The number of aromatic hydroxyl groups is 1. The summed E-state index contributed by atoms with van der Waals surface area (Å²) in [6, 6.07) is 5.26. The Bertz CT molecular complexity index is 506. The summed E-state index contributed by atoms with van der Waals surface area (Å²) in [6.45, 7) is 3.51. The number of phenols is 1. The molecule has 8 heteroatoms. The van der Waals surface area contributed by atoms with Crippen LogP contribution in [0.3, 0.4) is 0 Å². The van der Waals surface area contributed by atoms with E-state index >= 15 is 0 Å². The Hall–Kier alpha value is -1.39. The number of methoxy groups -OCH3 is 2. The van der Waals surface area contributed by atoms with Crippen LogP contribution in [-0.4, -0.2) is 50.4 Å². The molecule has 1 aliphatic rings. The number of nitrogens with one attached hydrogen (secondary N) is 1. The van der Waals surface area contributed by atoms with Crippen LogP contribution in [0.2, 0.25) is 0 Å². The van der Waals surface area contributed by atoms with Gasteiger partial charge in [-0.3, -0.25) is 4.90 Å². The van der Waals surface area contributed by atoms with E-state index in [2.05, 4.69) is 16.3 Å². The predicted octanol–water partition coefficient (Wildman–Crippen LogP) is 2.11. The van der Waals surface area contributed by atoms with Crippen molar-refractivity contribution in [3.8, 4) is 23.3 Å². The molecule has 1 heterocycles. The maximum atomic E-state index is 9.75. The smallest absolute Gasteiger partial charge is 0.131 e. The van der Waals surface area contributed by atoms with Gasteiger partial charge in [-0.05, 0) is 0 Å². The lowest BCUT2D eigenvalue weighted by atomic mass is 9.99. The molecule has 0 radical (unpaired) electrons. The lowest BCUT2D eigenvalue weighted by Gasteiger charge is -2.35. The van der Waals surface area contributed by atoms with Gasteiger partial charge in [-0.1, -0.05) is 0 Å². The second-order valence-corrected chi connectivity index (χ2v) is 4.93. The number of piperazine rings is 1. The molecule has 6 nitrogen and oxygen atoms in total. The van der Waals surface area contributed by atoms with E-state index < -0.39 is 0 Å². The van der Waals surface area contributed by atoms with Gasteiger partial charge in [0.25, 0.3) is 0 Å². The minimum Gasteiger partial charge on any atom is -0.508 e. The highest BCUT2D eigenvalue weighted by atomic mass is 35.5. The van der Waals surface area contributed by atoms with Gasteiger partial charge in [-0.2, -0.15) is 5.26 Å². The number of nitrogens with zero attached hydrogens (tertiary/aromatic N) is 2. The molecule has 0 aromatic heterocycles. The number of hydrogen-bond donors (Lipinski definition) is 2. The Balaban J connectivity index is 0.00000242. The largest absolute Gasteiger partial charge is 0.508 e. The number of phenolic OH excluding ortho intramolecular Hbond substituents is 1. The molecule has 0 aliphatic carbocycles. The van der Waals surface area contributed by atoms with Gasteiger partial charge < -0.3 is 19.9 Å². The fraction of sp³-hybridized carbons (Fsp3) is 0.533. The molecule has 1 fully saturated rings. The zero-order valence-corrected chi connectivity index (χ0v) is 14.9. The zero-order valence-electron chi connectivity index (χ0n) is 13.2. The number of halogens is 2. The van der Waals surface area contributed by atoms with Crippen LogP contribution in [0.1, 0.15) is 18.0 Å². The normalized spacial score (nSPS) is 15.5. The van der Waals surface area contributed by atoms with Crippen LogP contribution in [0.15, 0.2) is 12.1 Å². The standard InChI is InChI=1S/C15H21N3O3.2ClH/c1-20-13-9-11(19)10-14(21-2)15(13)12(3-4-16)18-7-5-17-6-8-18;;/h9-10,12,17,19H,3,5-8H2,1-2H3;2*1H/t12-;;/m0../s1. The number of nitriles is 1. The molecule has 2 rings (SSSR count). The molecule has 0 amide bonds. The van der Waals surface area contributed by atoms with Gasteiger partial charge in [0.2, 0.25) is 0 Å². The lowest BCUT2D eigenvalue weighted by molar-refractivity contribution is 0.169. The monoisotopic (exact) mass is 363 g/mol. The van der Waals surface area contributed by atoms with E-state index in [0.29, 0.717) is 17.9 Å². The molecular formula is C15H23Cl2N3O3. The summed E-state index contributed by atoms with van der Waals surface area (Å²) in [7, 11) is 3.11. The molecule has 1 aromatic carbocycles. The van der Waals surface area contributed by atoms with Gasteiger partial charge in [0, 0.05) is 38.3 Å². The summed E-state index contributed by atoms with van der Waals surface area (Å²) in [5, 5.41) is 22.2. The van der Waals surface area contributed by atoms with Crippen molar-refractivity contribution < 1.29 is 14.6 Å². The molecule has 1 aromatic rings. The number of hydrogen-bond acceptors (Lipinski definition) is 6. The van der Waals surface area contributed by atoms with Crippen LogP contribution >= 0.6 is 24.8 Å². The minimum atomic E-state index is -0.109. The number of rotatable bonds is 5. The highest BCUT2D eigenvalue weighted by molar-refractivity contribution is 5.85. The van der Waals surface area contributed by atoms with Gasteiger partial charge in [0.05, 0.1) is 38.3 Å². The van der Waals surface area contributed by atoms with Crippen molar-refractivity contribution in [2.24, 2.45) is 0 Å². The van der Waals surface area contributed by atoms with E-state index in [9.17, 15) is 10.4 Å². The maximum absolute atomic E-state index is 9.75. The number of ether oxygens (including phenoxy) is 2. The average molecular weight is 364 g/mol. The highest BCUT2D eigenvalue weighted by Gasteiger charge is 2.28. The van der Waals surface area contributed by atoms with Gasteiger partial charge in [-0.15, -0.1) is 24.8 Å². The fourth-order valence-electron chi connectivity index (χ4n) is 2.75. The molecule has 0 spiro atoms. The van der Waals surface area contributed by atoms with E-state index in [-0.39, 0.29) is 36.6 Å². The van der Waals surface area contributed by atoms with Gasteiger partial charge in [0.15, 0.2) is 0 Å². The molecule has 130 valence electrons. The molecular weight excluding hydrogens is 341 g/mol. The molecule has 1 saturated heterocycles. The second-order valence-electron chi connectivity index (χ2n) is 4.93. The van der Waals surface area contributed by atoms with Gasteiger partial charge in [-0.25, -0.2) is 0 Å². The Morgan fingerprint density at radius 1 is 1.22 bits per heavy atom. The Kier molecular flexibility index (Phi) is 9.77. The van der Waals surface area contributed by atoms with E-state index in [0.717, 1.165) is 31.7 Å². The summed E-state index contributed by atoms with van der Waals surface area (Å²) in [4.78, 5) is 2.25. The first-order chi connectivity index (χ1) is 10.2. The lowest BCUT2D eigenvalue weighted by Crippen LogP contribution is -2.45. The maximum Gasteiger partial charge on any atom is 0.131 e. The molecule has 1 atom stereocenters. The van der Waals surface area contributed by atoms with E-state index in [1.807, 2.05) is 0 Å². The van der Waals surface area contributed by atoms with Crippen LogP contribution < -0.4 is 14.8 Å². The zero-order chi connectivity index (χ0) is 15.2. The van der Waals surface area contributed by atoms with Crippen LogP contribution in [-0.2, 0) is 0 Å². The molecule has 0 unspecified atom stereocenters. The van der Waals surface area contributed by atoms with Crippen molar-refractivity contribution in [1.29, 1.82) is 5.26 Å². The Morgan fingerprint density at radius 2 is 1.74 bits per heavy atom. The van der Waals surface area contributed by atoms with Crippen LogP contribution in [0.25, 0.3) is 0 Å².